The van der Waals surface area contributed by atoms with E-state index in [-0.39, 0.29) is 17.6 Å². The number of thioether (sulfide) groups is 1. The standard InChI is InChI=1S/C23H22N2O3S/c26-22(25-19-8-3-4-10-21(19)29-18-6-1-2-7-18)16-11-13-17(14-12-16)24-23(27)20-9-5-15-28-20/h3-5,8-15,18H,1-2,6-7H2,(H,24,27)(H,25,26). The van der Waals surface area contributed by atoms with E-state index in [9.17, 15) is 9.59 Å². The molecular weight excluding hydrogens is 384 g/mol. The molecule has 0 unspecified atom stereocenters. The molecule has 148 valence electrons. The van der Waals surface area contributed by atoms with Crippen LogP contribution in [0, 0.1) is 0 Å². The Labute approximate surface area is 173 Å². The molecule has 5 nitrogen and oxygen atoms in total. The number of carbonyl (C=O) groups is 2. The summed E-state index contributed by atoms with van der Waals surface area (Å²) in [6, 6.07) is 18.0. The van der Waals surface area contributed by atoms with Crippen LogP contribution in [0.3, 0.4) is 0 Å². The second-order valence-electron chi connectivity index (χ2n) is 6.98. The number of furan rings is 1. The largest absolute Gasteiger partial charge is 0.459 e. The van der Waals surface area contributed by atoms with Gasteiger partial charge in [-0.1, -0.05) is 25.0 Å². The fourth-order valence-electron chi connectivity index (χ4n) is 3.36. The predicted octanol–water partition coefficient (Wildman–Crippen LogP) is 5.82. The van der Waals surface area contributed by atoms with E-state index in [1.807, 2.05) is 30.0 Å². The first-order valence-corrected chi connectivity index (χ1v) is 10.6. The minimum atomic E-state index is -0.329. The van der Waals surface area contributed by atoms with Gasteiger partial charge in [0.05, 0.1) is 12.0 Å². The number of para-hydroxylation sites is 1. The SMILES string of the molecule is O=C(Nc1ccccc1SC1CCCC1)c1ccc(NC(=O)c2ccco2)cc1. The highest BCUT2D eigenvalue weighted by atomic mass is 32.2. The molecule has 6 heteroatoms. The highest BCUT2D eigenvalue weighted by Crippen LogP contribution is 2.38. The maximum Gasteiger partial charge on any atom is 0.291 e. The molecule has 1 aliphatic carbocycles. The average molecular weight is 407 g/mol. The zero-order valence-corrected chi connectivity index (χ0v) is 16.7. The second kappa shape index (κ2) is 9.01. The van der Waals surface area contributed by atoms with Crippen LogP contribution in [0.5, 0.6) is 0 Å². The highest BCUT2D eigenvalue weighted by Gasteiger charge is 2.18. The molecule has 0 aliphatic heterocycles. The van der Waals surface area contributed by atoms with Gasteiger partial charge in [0.2, 0.25) is 0 Å². The summed E-state index contributed by atoms with van der Waals surface area (Å²) in [6.45, 7) is 0. The summed E-state index contributed by atoms with van der Waals surface area (Å²) >= 11 is 1.85. The van der Waals surface area contributed by atoms with E-state index in [1.54, 1.807) is 36.4 Å². The molecule has 1 aliphatic rings. The van der Waals surface area contributed by atoms with Gasteiger partial charge in [-0.2, -0.15) is 0 Å². The number of benzene rings is 2. The minimum Gasteiger partial charge on any atom is -0.459 e. The third kappa shape index (κ3) is 4.90. The van der Waals surface area contributed by atoms with Crippen LogP contribution in [0.25, 0.3) is 0 Å². The molecule has 1 saturated carbocycles. The van der Waals surface area contributed by atoms with Gasteiger partial charge in [0.15, 0.2) is 5.76 Å². The van der Waals surface area contributed by atoms with E-state index in [1.165, 1.54) is 31.9 Å². The van der Waals surface area contributed by atoms with Crippen LogP contribution in [-0.2, 0) is 0 Å². The quantitative estimate of drug-likeness (QED) is 0.541. The van der Waals surface area contributed by atoms with Gasteiger partial charge in [-0.3, -0.25) is 9.59 Å². The van der Waals surface area contributed by atoms with Crippen molar-refractivity contribution in [2.45, 2.75) is 35.8 Å². The lowest BCUT2D eigenvalue weighted by atomic mass is 10.2. The number of carbonyl (C=O) groups excluding carboxylic acids is 2. The van der Waals surface area contributed by atoms with Gasteiger partial charge in [0.1, 0.15) is 0 Å². The van der Waals surface area contributed by atoms with Crippen LogP contribution in [0.2, 0.25) is 0 Å². The normalized spacial score (nSPS) is 13.9. The summed E-state index contributed by atoms with van der Waals surface area (Å²) in [5, 5.41) is 6.39. The average Bonchev–Trinajstić information content (AvgIpc) is 3.44. The van der Waals surface area contributed by atoms with Crippen molar-refractivity contribution >= 4 is 35.0 Å². The van der Waals surface area contributed by atoms with E-state index >= 15 is 0 Å². The summed E-state index contributed by atoms with van der Waals surface area (Å²) in [5.41, 5.74) is 1.96. The number of hydrogen-bond donors (Lipinski definition) is 2. The molecule has 1 aromatic heterocycles. The molecule has 3 aromatic rings. The number of rotatable bonds is 6. The van der Waals surface area contributed by atoms with Gasteiger partial charge in [-0.15, -0.1) is 11.8 Å². The first kappa shape index (κ1) is 19.3. The molecule has 2 amide bonds. The van der Waals surface area contributed by atoms with E-state index in [0.29, 0.717) is 16.5 Å². The third-order valence-electron chi connectivity index (χ3n) is 4.88. The summed E-state index contributed by atoms with van der Waals surface area (Å²) in [4.78, 5) is 25.8. The maximum absolute atomic E-state index is 12.7. The third-order valence-corrected chi connectivity index (χ3v) is 6.30. The zero-order valence-electron chi connectivity index (χ0n) is 15.9. The lowest BCUT2D eigenvalue weighted by molar-refractivity contribution is 0.0995. The Bertz CT molecular complexity index is 978. The first-order chi connectivity index (χ1) is 14.2. The smallest absolute Gasteiger partial charge is 0.291 e. The van der Waals surface area contributed by atoms with Crippen molar-refractivity contribution in [3.05, 3.63) is 78.3 Å². The molecule has 4 rings (SSSR count). The molecular formula is C23H22N2O3S. The summed E-state index contributed by atoms with van der Waals surface area (Å²) in [7, 11) is 0. The molecule has 2 aromatic carbocycles. The van der Waals surface area contributed by atoms with Gasteiger partial charge in [-0.05, 0) is 61.4 Å². The molecule has 0 spiro atoms. The minimum absolute atomic E-state index is 0.173. The summed E-state index contributed by atoms with van der Waals surface area (Å²) in [6.07, 6.45) is 6.49. The molecule has 0 saturated heterocycles. The Kier molecular flexibility index (Phi) is 6.00. The van der Waals surface area contributed by atoms with Crippen molar-refractivity contribution in [1.82, 2.24) is 0 Å². The van der Waals surface area contributed by atoms with Gasteiger partial charge in [0, 0.05) is 21.4 Å². The highest BCUT2D eigenvalue weighted by molar-refractivity contribution is 8.00. The molecule has 29 heavy (non-hydrogen) atoms. The molecule has 0 bridgehead atoms. The fourth-order valence-corrected chi connectivity index (χ4v) is 4.69. The Morgan fingerprint density at radius 3 is 2.34 bits per heavy atom. The van der Waals surface area contributed by atoms with Crippen molar-refractivity contribution in [2.75, 3.05) is 10.6 Å². The van der Waals surface area contributed by atoms with Crippen LogP contribution < -0.4 is 10.6 Å². The summed E-state index contributed by atoms with van der Waals surface area (Å²) < 4.78 is 5.08. The van der Waals surface area contributed by atoms with E-state index in [0.717, 1.165) is 10.6 Å². The van der Waals surface area contributed by atoms with Crippen molar-refractivity contribution in [2.24, 2.45) is 0 Å². The van der Waals surface area contributed by atoms with Crippen LogP contribution in [0.1, 0.15) is 46.6 Å². The monoisotopic (exact) mass is 406 g/mol. The summed E-state index contributed by atoms with van der Waals surface area (Å²) in [5.74, 6) is -0.262. The maximum atomic E-state index is 12.7. The van der Waals surface area contributed by atoms with Crippen molar-refractivity contribution in [1.29, 1.82) is 0 Å². The lowest BCUT2D eigenvalue weighted by Gasteiger charge is -2.14. The molecule has 0 radical (unpaired) electrons. The molecule has 1 heterocycles. The van der Waals surface area contributed by atoms with Crippen molar-refractivity contribution in [3.8, 4) is 0 Å². The molecule has 1 fully saturated rings. The van der Waals surface area contributed by atoms with Crippen molar-refractivity contribution in [3.63, 3.8) is 0 Å². The Morgan fingerprint density at radius 1 is 0.862 bits per heavy atom. The Balaban J connectivity index is 1.40. The van der Waals surface area contributed by atoms with Crippen LogP contribution in [-0.4, -0.2) is 17.1 Å². The number of anilines is 2. The Hall–Kier alpha value is -2.99. The molecule has 2 N–H and O–H groups in total. The van der Waals surface area contributed by atoms with Gasteiger partial charge < -0.3 is 15.1 Å². The predicted molar refractivity (Wildman–Crippen MR) is 116 cm³/mol. The van der Waals surface area contributed by atoms with Crippen LogP contribution in [0.4, 0.5) is 11.4 Å². The topological polar surface area (TPSA) is 71.3 Å². The fraction of sp³-hybridized carbons (Fsp3) is 0.217. The number of hydrogen-bond acceptors (Lipinski definition) is 4. The number of amides is 2. The van der Waals surface area contributed by atoms with E-state index < -0.39 is 0 Å². The first-order valence-electron chi connectivity index (χ1n) is 9.71. The Morgan fingerprint density at radius 2 is 1.62 bits per heavy atom. The van der Waals surface area contributed by atoms with Gasteiger partial charge in [0.25, 0.3) is 11.8 Å². The lowest BCUT2D eigenvalue weighted by Crippen LogP contribution is -2.14. The van der Waals surface area contributed by atoms with E-state index in [2.05, 4.69) is 16.7 Å². The van der Waals surface area contributed by atoms with Crippen LogP contribution in [0.15, 0.2) is 76.2 Å². The number of nitrogens with one attached hydrogen (secondary N) is 2. The van der Waals surface area contributed by atoms with Crippen molar-refractivity contribution < 1.29 is 14.0 Å². The molecule has 0 atom stereocenters. The zero-order chi connectivity index (χ0) is 20.1. The second-order valence-corrected chi connectivity index (χ2v) is 8.33. The van der Waals surface area contributed by atoms with Gasteiger partial charge in [-0.25, -0.2) is 0 Å². The van der Waals surface area contributed by atoms with Crippen LogP contribution >= 0.6 is 11.8 Å². The van der Waals surface area contributed by atoms with Gasteiger partial charge >= 0.3 is 0 Å². The van der Waals surface area contributed by atoms with E-state index in [4.69, 9.17) is 4.42 Å².